The number of rotatable bonds is 5. The molecule has 0 bridgehead atoms. The van der Waals surface area contributed by atoms with Crippen molar-refractivity contribution < 1.29 is 4.79 Å². The summed E-state index contributed by atoms with van der Waals surface area (Å²) in [5.74, 6) is 0.219. The summed E-state index contributed by atoms with van der Waals surface area (Å²) in [5, 5.41) is 10.5. The summed E-state index contributed by atoms with van der Waals surface area (Å²) >= 11 is 0. The maximum absolute atomic E-state index is 12.2. The second kappa shape index (κ2) is 6.39. The quantitative estimate of drug-likeness (QED) is 0.868. The molecular formula is C15H28N4O. The van der Waals surface area contributed by atoms with E-state index in [2.05, 4.69) is 50.4 Å². The first kappa shape index (κ1) is 16.7. The maximum atomic E-state index is 12.2. The highest BCUT2D eigenvalue weighted by Gasteiger charge is 2.23. The van der Waals surface area contributed by atoms with E-state index in [9.17, 15) is 4.79 Å². The molecule has 0 fully saturated rings. The number of carbonyl (C=O) groups is 1. The molecule has 1 amide bonds. The zero-order chi connectivity index (χ0) is 15.5. The number of hydrogen-bond acceptors (Lipinski definition) is 3. The van der Waals surface area contributed by atoms with Crippen LogP contribution in [0.5, 0.6) is 0 Å². The number of hydrogen-bond donors (Lipinski definition) is 2. The Balaban J connectivity index is 2.94. The SMILES string of the molecule is CNC(C)CNC(=O)c1cc(C(C)C)n(C(C)(C)C)n1. The molecular weight excluding hydrogens is 252 g/mol. The number of carbonyl (C=O) groups excluding carboxylic acids is 1. The summed E-state index contributed by atoms with van der Waals surface area (Å²) < 4.78 is 1.95. The molecule has 0 aliphatic carbocycles. The zero-order valence-electron chi connectivity index (χ0n) is 13.7. The van der Waals surface area contributed by atoms with E-state index in [0.717, 1.165) is 5.69 Å². The van der Waals surface area contributed by atoms with Gasteiger partial charge >= 0.3 is 0 Å². The lowest BCUT2D eigenvalue weighted by Crippen LogP contribution is -2.37. The van der Waals surface area contributed by atoms with Gasteiger partial charge in [-0.2, -0.15) is 5.10 Å². The maximum Gasteiger partial charge on any atom is 0.271 e. The third-order valence-electron chi connectivity index (χ3n) is 3.26. The molecule has 0 spiro atoms. The van der Waals surface area contributed by atoms with Crippen LogP contribution in [0.25, 0.3) is 0 Å². The van der Waals surface area contributed by atoms with E-state index >= 15 is 0 Å². The summed E-state index contributed by atoms with van der Waals surface area (Å²) in [5.41, 5.74) is 1.45. The van der Waals surface area contributed by atoms with Crippen molar-refractivity contribution in [1.82, 2.24) is 20.4 Å². The molecule has 0 aliphatic heterocycles. The van der Waals surface area contributed by atoms with Crippen LogP contribution in [-0.4, -0.2) is 35.3 Å². The first-order valence-corrected chi connectivity index (χ1v) is 7.22. The standard InChI is InChI=1S/C15H28N4O/c1-10(2)13-8-12(18-19(13)15(4,5)6)14(20)17-9-11(3)16-7/h8,10-11,16H,9H2,1-7H3,(H,17,20). The van der Waals surface area contributed by atoms with Crippen molar-refractivity contribution in [2.24, 2.45) is 0 Å². The molecule has 0 aliphatic rings. The Morgan fingerprint density at radius 3 is 2.35 bits per heavy atom. The molecule has 5 nitrogen and oxygen atoms in total. The predicted octanol–water partition coefficient (Wildman–Crippen LogP) is 2.10. The van der Waals surface area contributed by atoms with Gasteiger partial charge in [-0.15, -0.1) is 0 Å². The monoisotopic (exact) mass is 280 g/mol. The van der Waals surface area contributed by atoms with Gasteiger partial charge in [0, 0.05) is 18.3 Å². The van der Waals surface area contributed by atoms with Crippen molar-refractivity contribution >= 4 is 5.91 Å². The van der Waals surface area contributed by atoms with Gasteiger partial charge in [0.2, 0.25) is 0 Å². The van der Waals surface area contributed by atoms with Gasteiger partial charge in [-0.3, -0.25) is 9.48 Å². The lowest BCUT2D eigenvalue weighted by atomic mass is 10.1. The Morgan fingerprint density at radius 1 is 1.35 bits per heavy atom. The van der Waals surface area contributed by atoms with Gasteiger partial charge in [-0.1, -0.05) is 13.8 Å². The van der Waals surface area contributed by atoms with Gasteiger partial charge in [-0.25, -0.2) is 0 Å². The van der Waals surface area contributed by atoms with E-state index in [-0.39, 0.29) is 17.5 Å². The second-order valence-corrected chi connectivity index (χ2v) is 6.59. The summed E-state index contributed by atoms with van der Waals surface area (Å²) in [4.78, 5) is 12.2. The molecule has 5 heteroatoms. The molecule has 1 rings (SSSR count). The Hall–Kier alpha value is -1.36. The minimum Gasteiger partial charge on any atom is -0.349 e. The van der Waals surface area contributed by atoms with Crippen LogP contribution in [0.2, 0.25) is 0 Å². The fraction of sp³-hybridized carbons (Fsp3) is 0.733. The number of aromatic nitrogens is 2. The van der Waals surface area contributed by atoms with Gasteiger partial charge in [0.15, 0.2) is 0 Å². The van der Waals surface area contributed by atoms with Crippen molar-refractivity contribution in [1.29, 1.82) is 0 Å². The third kappa shape index (κ3) is 4.07. The van der Waals surface area contributed by atoms with Crippen LogP contribution in [0.3, 0.4) is 0 Å². The fourth-order valence-electron chi connectivity index (χ4n) is 1.89. The van der Waals surface area contributed by atoms with Gasteiger partial charge in [0.25, 0.3) is 5.91 Å². The van der Waals surface area contributed by atoms with Crippen LogP contribution in [0.4, 0.5) is 0 Å². The summed E-state index contributed by atoms with van der Waals surface area (Å²) in [7, 11) is 1.88. The first-order chi connectivity index (χ1) is 9.16. The van der Waals surface area contributed by atoms with E-state index in [1.165, 1.54) is 0 Å². The Labute approximate surface area is 122 Å². The van der Waals surface area contributed by atoms with Crippen LogP contribution in [0.15, 0.2) is 6.07 Å². The Bertz CT molecular complexity index is 457. The number of likely N-dealkylation sites (N-methyl/N-ethyl adjacent to an activating group) is 1. The summed E-state index contributed by atoms with van der Waals surface area (Å²) in [6.45, 7) is 13.1. The van der Waals surface area contributed by atoms with Crippen LogP contribution >= 0.6 is 0 Å². The summed E-state index contributed by atoms with van der Waals surface area (Å²) in [6.07, 6.45) is 0. The zero-order valence-corrected chi connectivity index (χ0v) is 13.7. The van der Waals surface area contributed by atoms with Crippen LogP contribution in [0, 0.1) is 0 Å². The highest BCUT2D eigenvalue weighted by molar-refractivity contribution is 5.92. The molecule has 1 aromatic rings. The van der Waals surface area contributed by atoms with Crippen molar-refractivity contribution in [3.05, 3.63) is 17.5 Å². The smallest absolute Gasteiger partial charge is 0.271 e. The molecule has 0 radical (unpaired) electrons. The second-order valence-electron chi connectivity index (χ2n) is 6.59. The van der Waals surface area contributed by atoms with Crippen LogP contribution in [0.1, 0.15) is 63.6 Å². The number of amides is 1. The first-order valence-electron chi connectivity index (χ1n) is 7.22. The molecule has 0 saturated carbocycles. The molecule has 20 heavy (non-hydrogen) atoms. The van der Waals surface area contributed by atoms with Crippen molar-refractivity contribution in [2.75, 3.05) is 13.6 Å². The molecule has 2 N–H and O–H groups in total. The van der Waals surface area contributed by atoms with E-state index in [4.69, 9.17) is 0 Å². The lowest BCUT2D eigenvalue weighted by Gasteiger charge is -2.23. The van der Waals surface area contributed by atoms with E-state index < -0.39 is 0 Å². The van der Waals surface area contributed by atoms with Crippen LogP contribution in [-0.2, 0) is 5.54 Å². The molecule has 1 atom stereocenters. The minimum atomic E-state index is -0.129. The average molecular weight is 280 g/mol. The fourth-order valence-corrected chi connectivity index (χ4v) is 1.89. The normalized spacial score (nSPS) is 13.6. The van der Waals surface area contributed by atoms with Gasteiger partial charge in [-0.05, 0) is 46.7 Å². The Kier molecular flexibility index (Phi) is 5.34. The largest absolute Gasteiger partial charge is 0.349 e. The van der Waals surface area contributed by atoms with Gasteiger partial charge in [0.05, 0.1) is 5.54 Å². The number of nitrogens with one attached hydrogen (secondary N) is 2. The van der Waals surface area contributed by atoms with Crippen molar-refractivity contribution in [2.45, 2.75) is 59.0 Å². The van der Waals surface area contributed by atoms with Crippen molar-refractivity contribution in [3.63, 3.8) is 0 Å². The van der Waals surface area contributed by atoms with E-state index in [1.807, 2.05) is 24.7 Å². The third-order valence-corrected chi connectivity index (χ3v) is 3.26. The minimum absolute atomic E-state index is 0.114. The predicted molar refractivity (Wildman–Crippen MR) is 82.2 cm³/mol. The molecule has 1 aromatic heterocycles. The highest BCUT2D eigenvalue weighted by Crippen LogP contribution is 2.23. The lowest BCUT2D eigenvalue weighted by molar-refractivity contribution is 0.0944. The average Bonchev–Trinajstić information content (AvgIpc) is 2.80. The van der Waals surface area contributed by atoms with Crippen molar-refractivity contribution in [3.8, 4) is 0 Å². The number of nitrogens with zero attached hydrogens (tertiary/aromatic N) is 2. The van der Waals surface area contributed by atoms with E-state index in [1.54, 1.807) is 0 Å². The summed E-state index contributed by atoms with van der Waals surface area (Å²) in [6, 6.07) is 2.14. The van der Waals surface area contributed by atoms with Gasteiger partial charge < -0.3 is 10.6 Å². The highest BCUT2D eigenvalue weighted by atomic mass is 16.1. The molecule has 114 valence electrons. The topological polar surface area (TPSA) is 58.9 Å². The van der Waals surface area contributed by atoms with Crippen LogP contribution < -0.4 is 10.6 Å². The molecule has 0 aromatic carbocycles. The molecule has 1 unspecified atom stereocenters. The molecule has 0 saturated heterocycles. The van der Waals surface area contributed by atoms with E-state index in [0.29, 0.717) is 18.2 Å². The Morgan fingerprint density at radius 2 is 1.95 bits per heavy atom. The van der Waals surface area contributed by atoms with Gasteiger partial charge in [0.1, 0.15) is 5.69 Å². The molecule has 1 heterocycles.